The lowest BCUT2D eigenvalue weighted by Crippen LogP contribution is -2.47. The quantitative estimate of drug-likeness (QED) is 0.864. The Bertz CT molecular complexity index is 870. The topological polar surface area (TPSA) is 78.5 Å². The van der Waals surface area contributed by atoms with Crippen molar-refractivity contribution < 1.29 is 9.53 Å². The number of fused-ring (bicyclic) bond motifs is 1. The summed E-state index contributed by atoms with van der Waals surface area (Å²) in [5, 5.41) is 1.98. The van der Waals surface area contributed by atoms with Gasteiger partial charge in [-0.3, -0.25) is 14.6 Å². The first-order valence-electron chi connectivity index (χ1n) is 9.32. The van der Waals surface area contributed by atoms with Crippen LogP contribution in [0.1, 0.15) is 30.0 Å². The molecule has 1 amide bonds. The van der Waals surface area contributed by atoms with Crippen molar-refractivity contribution in [3.63, 3.8) is 0 Å². The van der Waals surface area contributed by atoms with Gasteiger partial charge < -0.3 is 14.5 Å². The molecule has 0 spiro atoms. The van der Waals surface area contributed by atoms with Crippen molar-refractivity contribution in [2.24, 2.45) is 0 Å². The van der Waals surface area contributed by atoms with Gasteiger partial charge in [-0.25, -0.2) is 4.98 Å². The summed E-state index contributed by atoms with van der Waals surface area (Å²) in [5.41, 5.74) is 1.33. The largest absolute Gasteiger partial charge is 0.372 e. The minimum Gasteiger partial charge on any atom is -0.372 e. The van der Waals surface area contributed by atoms with Gasteiger partial charge in [-0.15, -0.1) is 11.3 Å². The van der Waals surface area contributed by atoms with E-state index in [1.165, 1.54) is 0 Å². The molecule has 4 rings (SSSR count). The van der Waals surface area contributed by atoms with Gasteiger partial charge in [0.25, 0.3) is 5.56 Å². The Morgan fingerprint density at radius 3 is 2.85 bits per heavy atom. The molecule has 2 aromatic rings. The zero-order chi connectivity index (χ0) is 19.0. The highest BCUT2D eigenvalue weighted by Crippen LogP contribution is 2.21. The number of nitrogens with one attached hydrogen (secondary N) is 1. The maximum Gasteiger partial charge on any atom is 0.255 e. The molecule has 1 N–H and O–H groups in total. The number of anilines is 1. The number of ether oxygens (including phenoxy) is 1. The van der Waals surface area contributed by atoms with Gasteiger partial charge in [0.15, 0.2) is 0 Å². The van der Waals surface area contributed by atoms with Crippen molar-refractivity contribution in [2.45, 2.75) is 45.4 Å². The number of nitrogens with zero attached hydrogens (tertiary/aromatic N) is 3. The molecule has 1 saturated heterocycles. The van der Waals surface area contributed by atoms with E-state index in [4.69, 9.17) is 9.72 Å². The Balaban J connectivity index is 1.54. The van der Waals surface area contributed by atoms with Crippen LogP contribution >= 0.6 is 11.3 Å². The predicted octanol–water partition coefficient (Wildman–Crippen LogP) is 1.57. The van der Waals surface area contributed by atoms with Crippen LogP contribution in [0.4, 0.5) is 5.95 Å². The lowest BCUT2D eigenvalue weighted by molar-refractivity contribution is -0.131. The Morgan fingerprint density at radius 2 is 2.15 bits per heavy atom. The molecule has 2 aromatic heterocycles. The number of hydrogen-bond donors (Lipinski definition) is 1. The van der Waals surface area contributed by atoms with Crippen molar-refractivity contribution in [3.05, 3.63) is 44.0 Å². The molecule has 0 unspecified atom stereocenters. The summed E-state index contributed by atoms with van der Waals surface area (Å²) in [6.07, 6.45) is 1.11. The Labute approximate surface area is 162 Å². The molecular formula is C19H24N4O3S. The number of rotatable bonds is 3. The highest BCUT2D eigenvalue weighted by molar-refractivity contribution is 7.10. The number of carbonyl (C=O) groups is 1. The number of carbonyl (C=O) groups excluding carboxylic acids is 1. The number of thiophene rings is 1. The van der Waals surface area contributed by atoms with Crippen molar-refractivity contribution in [3.8, 4) is 0 Å². The molecule has 0 aromatic carbocycles. The first-order valence-corrected chi connectivity index (χ1v) is 10.2. The maximum absolute atomic E-state index is 12.6. The van der Waals surface area contributed by atoms with Gasteiger partial charge in [0.05, 0.1) is 30.9 Å². The lowest BCUT2D eigenvalue weighted by Gasteiger charge is -2.36. The summed E-state index contributed by atoms with van der Waals surface area (Å²) in [7, 11) is 0. The van der Waals surface area contributed by atoms with E-state index < -0.39 is 0 Å². The van der Waals surface area contributed by atoms with Crippen molar-refractivity contribution in [1.82, 2.24) is 14.9 Å². The molecule has 0 bridgehead atoms. The minimum absolute atomic E-state index is 0.0824. The third-order valence-corrected chi connectivity index (χ3v) is 5.91. The molecule has 0 aliphatic carbocycles. The molecule has 144 valence electrons. The van der Waals surface area contributed by atoms with Gasteiger partial charge >= 0.3 is 0 Å². The third-order valence-electron chi connectivity index (χ3n) is 5.04. The van der Waals surface area contributed by atoms with Crippen LogP contribution in [0, 0.1) is 0 Å². The number of amides is 1. The number of morpholine rings is 1. The van der Waals surface area contributed by atoms with Gasteiger partial charge in [-0.05, 0) is 31.7 Å². The summed E-state index contributed by atoms with van der Waals surface area (Å²) in [6, 6.07) is 3.93. The highest BCUT2D eigenvalue weighted by Gasteiger charge is 2.28. The fourth-order valence-electron chi connectivity index (χ4n) is 3.81. The lowest BCUT2D eigenvalue weighted by atomic mass is 10.1. The van der Waals surface area contributed by atoms with E-state index in [9.17, 15) is 9.59 Å². The van der Waals surface area contributed by atoms with E-state index in [1.807, 2.05) is 36.3 Å². The Hall–Kier alpha value is -2.19. The summed E-state index contributed by atoms with van der Waals surface area (Å²) < 4.78 is 5.77. The van der Waals surface area contributed by atoms with Crippen molar-refractivity contribution >= 4 is 23.2 Å². The number of aromatic amines is 1. The number of aromatic nitrogens is 2. The molecule has 2 aliphatic heterocycles. The van der Waals surface area contributed by atoms with Crippen LogP contribution in [0.2, 0.25) is 0 Å². The zero-order valence-corrected chi connectivity index (χ0v) is 16.4. The van der Waals surface area contributed by atoms with Crippen molar-refractivity contribution in [2.75, 3.05) is 24.5 Å². The van der Waals surface area contributed by atoms with Crippen molar-refractivity contribution in [1.29, 1.82) is 0 Å². The second-order valence-corrected chi connectivity index (χ2v) is 8.33. The van der Waals surface area contributed by atoms with E-state index in [0.29, 0.717) is 56.2 Å². The van der Waals surface area contributed by atoms with Crippen LogP contribution in [0.5, 0.6) is 0 Å². The molecule has 0 radical (unpaired) electrons. The predicted molar refractivity (Wildman–Crippen MR) is 104 cm³/mol. The number of H-pyrrole nitrogens is 1. The minimum atomic E-state index is -0.0906. The van der Waals surface area contributed by atoms with E-state index in [-0.39, 0.29) is 23.7 Å². The van der Waals surface area contributed by atoms with Crippen LogP contribution in [0.15, 0.2) is 22.3 Å². The van der Waals surface area contributed by atoms with E-state index in [2.05, 4.69) is 9.88 Å². The first kappa shape index (κ1) is 18.2. The van der Waals surface area contributed by atoms with Crippen LogP contribution in [-0.2, 0) is 28.9 Å². The van der Waals surface area contributed by atoms with Crippen LogP contribution in [0.3, 0.4) is 0 Å². The Morgan fingerprint density at radius 1 is 1.37 bits per heavy atom. The van der Waals surface area contributed by atoms with Gasteiger partial charge in [0, 0.05) is 30.1 Å². The smallest absolute Gasteiger partial charge is 0.255 e. The van der Waals surface area contributed by atoms with E-state index in [0.717, 1.165) is 4.88 Å². The van der Waals surface area contributed by atoms with Crippen LogP contribution < -0.4 is 10.5 Å². The van der Waals surface area contributed by atoms with E-state index in [1.54, 1.807) is 11.3 Å². The second-order valence-electron chi connectivity index (χ2n) is 7.30. The summed E-state index contributed by atoms with van der Waals surface area (Å²) >= 11 is 1.59. The molecule has 0 saturated carbocycles. The highest BCUT2D eigenvalue weighted by atomic mass is 32.1. The van der Waals surface area contributed by atoms with Crippen LogP contribution in [0.25, 0.3) is 0 Å². The first-order chi connectivity index (χ1) is 13.0. The average Bonchev–Trinajstić information content (AvgIpc) is 3.13. The summed E-state index contributed by atoms with van der Waals surface area (Å²) in [4.78, 5) is 37.8. The second kappa shape index (κ2) is 7.44. The molecule has 4 heterocycles. The fraction of sp³-hybridized carbons (Fsp3) is 0.526. The molecule has 2 aliphatic rings. The fourth-order valence-corrected chi connectivity index (χ4v) is 4.51. The zero-order valence-electron chi connectivity index (χ0n) is 15.6. The molecule has 7 nitrogen and oxygen atoms in total. The molecule has 2 atom stereocenters. The summed E-state index contributed by atoms with van der Waals surface area (Å²) in [6.45, 7) is 6.37. The maximum atomic E-state index is 12.6. The van der Waals surface area contributed by atoms with Crippen LogP contribution in [-0.4, -0.2) is 52.6 Å². The molecular weight excluding hydrogens is 364 g/mol. The standard InChI is InChI=1S/C19H24N4O3S/c1-12-9-23(10-13(2)26-12)19-20-16-11-22(6-5-15(16)18(25)21-19)17(24)8-14-4-3-7-27-14/h3-4,7,12-13H,5-6,8-11H2,1-2H3,(H,20,21,25)/t12-,13+. The monoisotopic (exact) mass is 388 g/mol. The third kappa shape index (κ3) is 3.91. The van der Waals surface area contributed by atoms with Gasteiger partial charge in [0.2, 0.25) is 11.9 Å². The van der Waals surface area contributed by atoms with Gasteiger partial charge in [-0.2, -0.15) is 0 Å². The van der Waals surface area contributed by atoms with Gasteiger partial charge in [-0.1, -0.05) is 6.07 Å². The average molecular weight is 388 g/mol. The van der Waals surface area contributed by atoms with Gasteiger partial charge in [0.1, 0.15) is 0 Å². The molecule has 8 heteroatoms. The Kier molecular flexibility index (Phi) is 5.01. The summed E-state index contributed by atoms with van der Waals surface area (Å²) in [5.74, 6) is 0.661. The normalized spacial score (nSPS) is 22.6. The molecule has 27 heavy (non-hydrogen) atoms. The molecule has 1 fully saturated rings. The van der Waals surface area contributed by atoms with E-state index >= 15 is 0 Å². The SMILES string of the molecule is C[C@@H]1CN(c2nc3c(c(=O)[nH]2)CCN(C(=O)Cc2cccs2)C3)C[C@H](C)O1. The number of hydrogen-bond acceptors (Lipinski definition) is 6.